The predicted molar refractivity (Wildman–Crippen MR) is 139 cm³/mol. The first-order valence-electron chi connectivity index (χ1n) is 13.1. The summed E-state index contributed by atoms with van der Waals surface area (Å²) < 4.78 is 25.7. The van der Waals surface area contributed by atoms with Crippen LogP contribution in [0.2, 0.25) is 0 Å². The van der Waals surface area contributed by atoms with Gasteiger partial charge in [0.05, 0.1) is 5.56 Å². The smallest absolute Gasteiger partial charge is 0.411 e. The second-order valence-corrected chi connectivity index (χ2v) is 11.5. The lowest BCUT2D eigenvalue weighted by molar-refractivity contribution is -0.132. The molecule has 3 aliphatic rings. The van der Waals surface area contributed by atoms with E-state index in [0.29, 0.717) is 17.5 Å². The number of amides is 3. The summed E-state index contributed by atoms with van der Waals surface area (Å²) >= 11 is 0. The Morgan fingerprint density at radius 1 is 1.15 bits per heavy atom. The van der Waals surface area contributed by atoms with Crippen molar-refractivity contribution >= 4 is 23.9 Å². The predicted octanol–water partition coefficient (Wildman–Crippen LogP) is 3.46. The van der Waals surface area contributed by atoms with E-state index < -0.39 is 41.4 Å². The molecule has 1 saturated heterocycles. The van der Waals surface area contributed by atoms with Crippen molar-refractivity contribution in [2.75, 3.05) is 0 Å². The Balaban J connectivity index is 1.30. The molecule has 2 aromatic carbocycles. The second-order valence-electron chi connectivity index (χ2n) is 11.5. The van der Waals surface area contributed by atoms with Crippen LogP contribution in [0.4, 0.5) is 9.18 Å². The Morgan fingerprint density at radius 2 is 1.87 bits per heavy atom. The fourth-order valence-electron chi connectivity index (χ4n) is 5.81. The van der Waals surface area contributed by atoms with Crippen molar-refractivity contribution in [2.24, 2.45) is 11.7 Å². The first kappa shape index (κ1) is 26.6. The number of nitrogens with zero attached hydrogens (tertiary/aromatic N) is 1. The van der Waals surface area contributed by atoms with Crippen LogP contribution in [0.5, 0.6) is 0 Å². The van der Waals surface area contributed by atoms with E-state index in [9.17, 15) is 19.2 Å². The summed E-state index contributed by atoms with van der Waals surface area (Å²) in [4.78, 5) is 51.7. The third-order valence-corrected chi connectivity index (χ3v) is 7.61. The van der Waals surface area contributed by atoms with E-state index in [2.05, 4.69) is 5.32 Å². The van der Waals surface area contributed by atoms with Gasteiger partial charge in [0.15, 0.2) is 0 Å². The van der Waals surface area contributed by atoms with Gasteiger partial charge in [-0.15, -0.1) is 0 Å². The fraction of sp³-hybridized carbons (Fsp3) is 0.448. The number of nitrogens with two attached hydrogens (primary N) is 1. The Kier molecular flexibility index (Phi) is 6.82. The van der Waals surface area contributed by atoms with Crippen molar-refractivity contribution in [3.63, 3.8) is 0 Å². The van der Waals surface area contributed by atoms with Crippen molar-refractivity contribution in [3.05, 3.63) is 58.9 Å². The second kappa shape index (κ2) is 9.98. The lowest BCUT2D eigenvalue weighted by Gasteiger charge is -2.36. The van der Waals surface area contributed by atoms with E-state index in [1.54, 1.807) is 51.1 Å². The molecule has 10 heteroatoms. The topological polar surface area (TPSA) is 128 Å². The summed E-state index contributed by atoms with van der Waals surface area (Å²) in [6.45, 7) is 5.46. The zero-order valence-electron chi connectivity index (χ0n) is 22.2. The number of hydrogen-bond donors (Lipinski definition) is 2. The molecule has 3 N–H and O–H groups in total. The van der Waals surface area contributed by atoms with Crippen LogP contribution in [0, 0.1) is 11.7 Å². The average molecular weight is 538 g/mol. The minimum atomic E-state index is -1.17. The molecule has 0 radical (unpaired) electrons. The lowest BCUT2D eigenvalue weighted by atomic mass is 9.96. The van der Waals surface area contributed by atoms with Crippen molar-refractivity contribution in [3.8, 4) is 11.1 Å². The molecule has 2 aromatic rings. The summed E-state index contributed by atoms with van der Waals surface area (Å²) in [7, 11) is 0. The molecule has 1 saturated carbocycles. The number of likely N-dealkylation sites (tertiary alicyclic amines) is 1. The van der Waals surface area contributed by atoms with Gasteiger partial charge < -0.3 is 20.5 Å². The maximum atomic E-state index is 15.2. The minimum Gasteiger partial charge on any atom is -0.457 e. The Bertz CT molecular complexity index is 1350. The number of hydrogen-bond acceptors (Lipinski definition) is 6. The zero-order chi connectivity index (χ0) is 28.1. The molecule has 2 fully saturated rings. The zero-order valence-corrected chi connectivity index (χ0v) is 22.2. The van der Waals surface area contributed by atoms with Gasteiger partial charge in [-0.3, -0.25) is 14.5 Å². The maximum Gasteiger partial charge on any atom is 0.411 e. The van der Waals surface area contributed by atoms with Crippen LogP contribution in [-0.2, 0) is 32.1 Å². The number of esters is 1. The van der Waals surface area contributed by atoms with E-state index >= 15 is 4.39 Å². The number of primary amides is 1. The number of piperidine rings is 1. The van der Waals surface area contributed by atoms with Crippen LogP contribution in [0.1, 0.15) is 61.5 Å². The molecule has 2 bridgehead atoms. The molecule has 2 heterocycles. The maximum absolute atomic E-state index is 15.2. The van der Waals surface area contributed by atoms with E-state index in [4.69, 9.17) is 15.2 Å². The van der Waals surface area contributed by atoms with Crippen LogP contribution < -0.4 is 11.1 Å². The number of ether oxygens (including phenoxy) is 2. The van der Waals surface area contributed by atoms with Gasteiger partial charge in [0.1, 0.15) is 30.1 Å². The molecule has 0 spiro atoms. The van der Waals surface area contributed by atoms with Crippen LogP contribution in [0.3, 0.4) is 0 Å². The summed E-state index contributed by atoms with van der Waals surface area (Å²) in [5.74, 6) is -2.28. The summed E-state index contributed by atoms with van der Waals surface area (Å²) in [5.41, 5.74) is 7.63. The minimum absolute atomic E-state index is 0.0416. The molecule has 206 valence electrons. The van der Waals surface area contributed by atoms with Crippen molar-refractivity contribution in [2.45, 2.75) is 76.8 Å². The number of benzene rings is 2. The number of halogens is 1. The van der Waals surface area contributed by atoms with Gasteiger partial charge in [-0.2, -0.15) is 0 Å². The monoisotopic (exact) mass is 537 g/mol. The fourth-order valence-corrected chi connectivity index (χ4v) is 5.81. The van der Waals surface area contributed by atoms with Crippen LogP contribution >= 0.6 is 0 Å². The standard InChI is InChI=1S/C29H32FN3O6/c1-29(2,3)39-28(37)33-20-8-6-18(11-20)24(33)26(35)32-23(25(31)34)13-17-5-4-16(12-22(17)30)15-7-9-21-19(10-15)14-38-27(21)36/h4-5,7,9-10,12,18,20,23-24H,6,8,11,13-14H2,1-3H3,(H2,31,34)(H,32,35)/t18-,20+,23-,24-/m0/s1. The van der Waals surface area contributed by atoms with Gasteiger partial charge in [0.25, 0.3) is 0 Å². The molecule has 4 atom stereocenters. The third kappa shape index (κ3) is 5.32. The molecule has 9 nitrogen and oxygen atoms in total. The van der Waals surface area contributed by atoms with E-state index in [-0.39, 0.29) is 36.5 Å². The van der Waals surface area contributed by atoms with E-state index in [0.717, 1.165) is 24.0 Å². The highest BCUT2D eigenvalue weighted by Crippen LogP contribution is 2.43. The highest BCUT2D eigenvalue weighted by atomic mass is 19.1. The number of carbonyl (C=O) groups is 4. The van der Waals surface area contributed by atoms with Crippen molar-refractivity contribution in [1.82, 2.24) is 10.2 Å². The Labute approximate surface area is 225 Å². The third-order valence-electron chi connectivity index (χ3n) is 7.61. The highest BCUT2D eigenvalue weighted by molar-refractivity contribution is 5.94. The van der Waals surface area contributed by atoms with Crippen molar-refractivity contribution in [1.29, 1.82) is 0 Å². The average Bonchev–Trinajstić information content (AvgIpc) is 3.58. The summed E-state index contributed by atoms with van der Waals surface area (Å²) in [5, 5.41) is 2.67. The molecule has 0 aromatic heterocycles. The molecule has 0 unspecified atom stereocenters. The van der Waals surface area contributed by atoms with Gasteiger partial charge in [-0.25, -0.2) is 14.0 Å². The lowest BCUT2D eigenvalue weighted by Crippen LogP contribution is -2.57. The molecule has 2 aliphatic heterocycles. The number of nitrogens with one attached hydrogen (secondary N) is 1. The molecule has 39 heavy (non-hydrogen) atoms. The van der Waals surface area contributed by atoms with Gasteiger partial charge in [0, 0.05) is 18.0 Å². The van der Waals surface area contributed by atoms with Gasteiger partial charge in [-0.1, -0.05) is 18.2 Å². The summed E-state index contributed by atoms with van der Waals surface area (Å²) in [6.07, 6.45) is 1.57. The quantitative estimate of drug-likeness (QED) is 0.543. The summed E-state index contributed by atoms with van der Waals surface area (Å²) in [6, 6.07) is 7.72. The molecular weight excluding hydrogens is 505 g/mol. The molecule has 5 rings (SSSR count). The number of fused-ring (bicyclic) bond motifs is 3. The SMILES string of the molecule is CC(C)(C)OC(=O)N1[C@@H]2CC[C@@H](C2)[C@H]1C(=O)N[C@@H](Cc1ccc(-c2ccc3c(c2)COC3=O)cc1F)C(N)=O. The van der Waals surface area contributed by atoms with Crippen LogP contribution in [-0.4, -0.2) is 52.5 Å². The normalized spacial score (nSPS) is 22.3. The number of rotatable bonds is 6. The largest absolute Gasteiger partial charge is 0.457 e. The van der Waals surface area contributed by atoms with Gasteiger partial charge in [-0.05, 0) is 80.8 Å². The Hall–Kier alpha value is -3.95. The van der Waals surface area contributed by atoms with Crippen LogP contribution in [0.25, 0.3) is 11.1 Å². The van der Waals surface area contributed by atoms with Crippen LogP contribution in [0.15, 0.2) is 36.4 Å². The number of cyclic esters (lactones) is 1. The Morgan fingerprint density at radius 3 is 2.56 bits per heavy atom. The van der Waals surface area contributed by atoms with Crippen molar-refractivity contribution < 1.29 is 33.0 Å². The first-order chi connectivity index (χ1) is 18.4. The highest BCUT2D eigenvalue weighted by Gasteiger charge is 2.52. The van der Waals surface area contributed by atoms with E-state index in [1.807, 2.05) is 0 Å². The number of carbonyl (C=O) groups excluding carboxylic acids is 4. The van der Waals surface area contributed by atoms with E-state index in [1.165, 1.54) is 11.0 Å². The molecule has 3 amide bonds. The molecule has 1 aliphatic carbocycles. The van der Waals surface area contributed by atoms with Gasteiger partial charge >= 0.3 is 12.1 Å². The molecular formula is C29H32FN3O6. The first-order valence-corrected chi connectivity index (χ1v) is 13.1. The van der Waals surface area contributed by atoms with Gasteiger partial charge in [0.2, 0.25) is 11.8 Å².